The summed E-state index contributed by atoms with van der Waals surface area (Å²) in [5.74, 6) is 1.41. The van der Waals surface area contributed by atoms with Crippen LogP contribution in [0.5, 0.6) is 5.75 Å². The molecule has 0 saturated carbocycles. The average Bonchev–Trinajstić information content (AvgIpc) is 3.10. The molecule has 7 nitrogen and oxygen atoms in total. The topological polar surface area (TPSA) is 81.1 Å². The van der Waals surface area contributed by atoms with Gasteiger partial charge in [-0.1, -0.05) is 39.8 Å². The molecule has 1 aliphatic rings. The van der Waals surface area contributed by atoms with Gasteiger partial charge >= 0.3 is 0 Å². The number of aromatic nitrogens is 3. The van der Waals surface area contributed by atoms with Gasteiger partial charge in [0.2, 0.25) is 11.1 Å². The second-order valence-corrected chi connectivity index (χ2v) is 8.70. The zero-order valence-corrected chi connectivity index (χ0v) is 18.5. The molecule has 4 rings (SSSR count). The summed E-state index contributed by atoms with van der Waals surface area (Å²) in [5, 5.41) is 11.6. The number of nitrogens with zero attached hydrogens (tertiary/aromatic N) is 3. The molecule has 0 saturated heterocycles. The van der Waals surface area contributed by atoms with Crippen molar-refractivity contribution in [2.75, 3.05) is 17.9 Å². The SMILES string of the molecule is COc1ccc([C@@H]2Nn3c(C)nnc3S[C@@H]2C(=O)Nc2ccc(Br)c(C)c2)cc1. The van der Waals surface area contributed by atoms with Crippen LogP contribution in [0, 0.1) is 13.8 Å². The highest BCUT2D eigenvalue weighted by Gasteiger charge is 2.37. The van der Waals surface area contributed by atoms with Crippen molar-refractivity contribution in [3.05, 3.63) is 63.9 Å². The summed E-state index contributed by atoms with van der Waals surface area (Å²) >= 11 is 4.89. The fourth-order valence-electron chi connectivity index (χ4n) is 3.16. The third-order valence-electron chi connectivity index (χ3n) is 4.76. The molecule has 2 N–H and O–H groups in total. The van der Waals surface area contributed by atoms with Crippen molar-refractivity contribution in [1.29, 1.82) is 0 Å². The first-order valence-electron chi connectivity index (χ1n) is 9.02. The van der Waals surface area contributed by atoms with Gasteiger partial charge in [0, 0.05) is 10.2 Å². The van der Waals surface area contributed by atoms with Crippen LogP contribution in [0.15, 0.2) is 52.1 Å². The number of thioether (sulfide) groups is 1. The van der Waals surface area contributed by atoms with E-state index in [1.54, 1.807) is 7.11 Å². The van der Waals surface area contributed by atoms with Gasteiger partial charge in [-0.05, 0) is 55.3 Å². The molecule has 0 bridgehead atoms. The van der Waals surface area contributed by atoms with E-state index in [2.05, 4.69) is 36.9 Å². The second kappa shape index (κ2) is 8.08. The molecule has 1 aromatic heterocycles. The smallest absolute Gasteiger partial charge is 0.240 e. The van der Waals surface area contributed by atoms with Crippen LogP contribution in [0.3, 0.4) is 0 Å². The third-order valence-corrected chi connectivity index (χ3v) is 6.86. The molecule has 9 heteroatoms. The van der Waals surface area contributed by atoms with Gasteiger partial charge in [-0.25, -0.2) is 4.68 Å². The molecule has 0 unspecified atom stereocenters. The van der Waals surface area contributed by atoms with E-state index in [1.807, 2.05) is 61.0 Å². The standard InChI is InChI=1S/C20H20BrN5O2S/c1-11-10-14(6-9-16(11)21)22-19(27)18-17(13-4-7-15(28-3)8-5-13)25-26-12(2)23-24-20(26)29-18/h4-10,17-18,25H,1-3H3,(H,22,27)/t17-,18-/m0/s1. The van der Waals surface area contributed by atoms with E-state index in [0.29, 0.717) is 5.16 Å². The Balaban J connectivity index is 1.65. The normalized spacial score (nSPS) is 17.9. The maximum absolute atomic E-state index is 13.2. The first-order valence-corrected chi connectivity index (χ1v) is 10.7. The van der Waals surface area contributed by atoms with Gasteiger partial charge in [-0.15, -0.1) is 10.2 Å². The third kappa shape index (κ3) is 3.97. The summed E-state index contributed by atoms with van der Waals surface area (Å²) in [6, 6.07) is 13.2. The number of nitrogens with one attached hydrogen (secondary N) is 2. The lowest BCUT2D eigenvalue weighted by atomic mass is 10.0. The maximum Gasteiger partial charge on any atom is 0.240 e. The molecule has 2 atom stereocenters. The molecule has 2 heterocycles. The minimum Gasteiger partial charge on any atom is -0.497 e. The van der Waals surface area contributed by atoms with Gasteiger partial charge in [-0.3, -0.25) is 4.79 Å². The van der Waals surface area contributed by atoms with E-state index >= 15 is 0 Å². The Labute approximate surface area is 181 Å². The number of methoxy groups -OCH3 is 1. The Hall–Kier alpha value is -2.52. The summed E-state index contributed by atoms with van der Waals surface area (Å²) in [7, 11) is 1.63. The van der Waals surface area contributed by atoms with E-state index in [4.69, 9.17) is 4.74 Å². The molecular formula is C20H20BrN5O2S. The number of carbonyl (C=O) groups is 1. The van der Waals surface area contributed by atoms with E-state index < -0.39 is 5.25 Å². The molecule has 3 aromatic rings. The zero-order chi connectivity index (χ0) is 20.5. The zero-order valence-electron chi connectivity index (χ0n) is 16.1. The van der Waals surface area contributed by atoms with Crippen molar-refractivity contribution in [2.24, 2.45) is 0 Å². The number of benzene rings is 2. The van der Waals surface area contributed by atoms with Crippen molar-refractivity contribution in [3.8, 4) is 5.75 Å². The molecule has 0 radical (unpaired) electrons. The summed E-state index contributed by atoms with van der Waals surface area (Å²) in [6.45, 7) is 3.86. The highest BCUT2D eigenvalue weighted by atomic mass is 79.9. The number of fused-ring (bicyclic) bond motifs is 1. The first-order chi connectivity index (χ1) is 14.0. The molecule has 0 fully saturated rings. The van der Waals surface area contributed by atoms with Gasteiger partial charge in [0.15, 0.2) is 0 Å². The predicted octanol–water partition coefficient (Wildman–Crippen LogP) is 4.06. The summed E-state index contributed by atoms with van der Waals surface area (Å²) in [4.78, 5) is 13.2. The Bertz CT molecular complexity index is 1050. The van der Waals surface area contributed by atoms with E-state index in [9.17, 15) is 4.79 Å². The fourth-order valence-corrected chi connectivity index (χ4v) is 4.53. The molecule has 0 aliphatic carbocycles. The molecule has 1 amide bonds. The van der Waals surface area contributed by atoms with Crippen LogP contribution in [0.4, 0.5) is 5.69 Å². The molecular weight excluding hydrogens is 454 g/mol. The van der Waals surface area contributed by atoms with Crippen LogP contribution in [0.2, 0.25) is 0 Å². The number of amides is 1. The Kier molecular flexibility index (Phi) is 5.51. The highest BCUT2D eigenvalue weighted by Crippen LogP contribution is 2.38. The average molecular weight is 474 g/mol. The Morgan fingerprint density at radius 3 is 2.66 bits per heavy atom. The van der Waals surface area contributed by atoms with Crippen molar-refractivity contribution in [2.45, 2.75) is 30.3 Å². The lowest BCUT2D eigenvalue weighted by molar-refractivity contribution is -0.116. The summed E-state index contributed by atoms with van der Waals surface area (Å²) in [5.41, 5.74) is 6.19. The van der Waals surface area contributed by atoms with Gasteiger partial charge in [0.1, 0.15) is 16.8 Å². The molecule has 0 spiro atoms. The minimum absolute atomic E-state index is 0.100. The first kappa shape index (κ1) is 19.8. The summed E-state index contributed by atoms with van der Waals surface area (Å²) in [6.07, 6.45) is 0. The maximum atomic E-state index is 13.2. The number of aryl methyl sites for hydroxylation is 2. The molecule has 2 aromatic carbocycles. The number of ether oxygens (including phenoxy) is 1. The van der Waals surface area contributed by atoms with Crippen LogP contribution in [0.1, 0.15) is 23.0 Å². The molecule has 150 valence electrons. The van der Waals surface area contributed by atoms with Gasteiger partial charge in [-0.2, -0.15) is 0 Å². The van der Waals surface area contributed by atoms with E-state index in [-0.39, 0.29) is 11.9 Å². The fraction of sp³-hybridized carbons (Fsp3) is 0.250. The van der Waals surface area contributed by atoms with Crippen LogP contribution in [-0.2, 0) is 4.79 Å². The predicted molar refractivity (Wildman–Crippen MR) is 117 cm³/mol. The van der Waals surface area contributed by atoms with E-state index in [0.717, 1.165) is 32.9 Å². The van der Waals surface area contributed by atoms with Crippen LogP contribution in [0.25, 0.3) is 0 Å². The quantitative estimate of drug-likeness (QED) is 0.594. The number of hydrogen-bond donors (Lipinski definition) is 2. The van der Waals surface area contributed by atoms with Gasteiger partial charge < -0.3 is 15.5 Å². The number of halogens is 1. The Morgan fingerprint density at radius 1 is 1.21 bits per heavy atom. The Morgan fingerprint density at radius 2 is 1.97 bits per heavy atom. The highest BCUT2D eigenvalue weighted by molar-refractivity contribution is 9.10. The van der Waals surface area contributed by atoms with Crippen LogP contribution in [-0.4, -0.2) is 33.1 Å². The van der Waals surface area contributed by atoms with Crippen LogP contribution >= 0.6 is 27.7 Å². The second-order valence-electron chi connectivity index (χ2n) is 6.74. The number of hydrogen-bond acceptors (Lipinski definition) is 6. The van der Waals surface area contributed by atoms with Crippen molar-refractivity contribution >= 4 is 39.3 Å². The van der Waals surface area contributed by atoms with Gasteiger partial charge in [0.25, 0.3) is 0 Å². The monoisotopic (exact) mass is 473 g/mol. The number of rotatable bonds is 4. The minimum atomic E-state index is -0.427. The van der Waals surface area contributed by atoms with Crippen molar-refractivity contribution < 1.29 is 9.53 Å². The van der Waals surface area contributed by atoms with Crippen LogP contribution < -0.4 is 15.5 Å². The summed E-state index contributed by atoms with van der Waals surface area (Å²) < 4.78 is 8.09. The number of carbonyl (C=O) groups excluding carboxylic acids is 1. The van der Waals surface area contributed by atoms with Crippen molar-refractivity contribution in [3.63, 3.8) is 0 Å². The molecule has 29 heavy (non-hydrogen) atoms. The van der Waals surface area contributed by atoms with Crippen molar-refractivity contribution in [1.82, 2.24) is 14.9 Å². The molecule has 1 aliphatic heterocycles. The van der Waals surface area contributed by atoms with E-state index in [1.165, 1.54) is 11.8 Å². The number of anilines is 1. The lowest BCUT2D eigenvalue weighted by Crippen LogP contribution is -2.41. The largest absolute Gasteiger partial charge is 0.497 e. The van der Waals surface area contributed by atoms with Gasteiger partial charge in [0.05, 0.1) is 13.2 Å². The lowest BCUT2D eigenvalue weighted by Gasteiger charge is -2.32.